The second-order valence-corrected chi connectivity index (χ2v) is 8.08. The molecule has 0 saturated carbocycles. The summed E-state index contributed by atoms with van der Waals surface area (Å²) in [4.78, 5) is 24.5. The highest BCUT2D eigenvalue weighted by atomic mass is 79.9. The summed E-state index contributed by atoms with van der Waals surface area (Å²) in [7, 11) is 0. The Balaban J connectivity index is 1.73. The zero-order valence-electron chi connectivity index (χ0n) is 13.6. The molecule has 0 spiro atoms. The van der Waals surface area contributed by atoms with Crippen LogP contribution >= 0.6 is 31.9 Å². The van der Waals surface area contributed by atoms with E-state index < -0.39 is 12.1 Å². The minimum absolute atomic E-state index is 0.0109. The van der Waals surface area contributed by atoms with Gasteiger partial charge in [-0.15, -0.1) is 0 Å². The molecule has 2 N–H and O–H groups in total. The molecule has 134 valence electrons. The van der Waals surface area contributed by atoms with Gasteiger partial charge in [0.25, 0.3) is 0 Å². The smallest absolute Gasteiger partial charge is 0.324 e. The van der Waals surface area contributed by atoms with Crippen LogP contribution in [0.15, 0.2) is 45.3 Å². The molecule has 2 heterocycles. The topological polar surface area (TPSA) is 74.6 Å². The quantitative estimate of drug-likeness (QED) is 0.563. The number of aliphatic hydroxyl groups excluding tert-OH is 1. The van der Waals surface area contributed by atoms with Gasteiger partial charge in [-0.05, 0) is 36.4 Å². The highest BCUT2D eigenvalue weighted by molar-refractivity contribution is 9.10. The van der Waals surface area contributed by atoms with Crippen molar-refractivity contribution in [2.75, 3.05) is 13.1 Å². The van der Waals surface area contributed by atoms with Gasteiger partial charge in [0.2, 0.25) is 5.91 Å². The fourth-order valence-corrected chi connectivity index (χ4v) is 4.09. The van der Waals surface area contributed by atoms with Crippen molar-refractivity contribution in [1.29, 1.82) is 0 Å². The molecular weight excluding hydrogens is 466 g/mol. The number of nitrogens with zero attached hydrogens (tertiary/aromatic N) is 2. The first kappa shape index (κ1) is 17.5. The predicted molar refractivity (Wildman–Crippen MR) is 106 cm³/mol. The first-order valence-corrected chi connectivity index (χ1v) is 9.66. The van der Waals surface area contributed by atoms with Gasteiger partial charge in [-0.25, -0.2) is 4.79 Å². The largest absolute Gasteiger partial charge is 0.389 e. The SMILES string of the molecule is O=C1CNC(=O)N1CC(O)Cn1c2ccc(Br)cc2c2cc(Br)ccc21. The summed E-state index contributed by atoms with van der Waals surface area (Å²) in [6.45, 7) is 0.238. The molecule has 0 aliphatic carbocycles. The molecule has 1 aromatic heterocycles. The Kier molecular flexibility index (Phi) is 4.50. The van der Waals surface area contributed by atoms with Crippen molar-refractivity contribution < 1.29 is 14.7 Å². The van der Waals surface area contributed by atoms with E-state index in [2.05, 4.69) is 37.2 Å². The van der Waals surface area contributed by atoms with E-state index in [0.717, 1.165) is 35.7 Å². The lowest BCUT2D eigenvalue weighted by atomic mass is 10.2. The van der Waals surface area contributed by atoms with Gasteiger partial charge >= 0.3 is 6.03 Å². The highest BCUT2D eigenvalue weighted by Crippen LogP contribution is 2.33. The number of carbonyl (C=O) groups excluding carboxylic acids is 2. The van der Waals surface area contributed by atoms with Crippen LogP contribution in [0.5, 0.6) is 0 Å². The number of urea groups is 1. The average Bonchev–Trinajstić information content (AvgIpc) is 3.07. The summed E-state index contributed by atoms with van der Waals surface area (Å²) in [6.07, 6.45) is -0.867. The first-order chi connectivity index (χ1) is 12.4. The minimum atomic E-state index is -0.867. The van der Waals surface area contributed by atoms with Crippen molar-refractivity contribution in [3.05, 3.63) is 45.3 Å². The number of amides is 3. The molecule has 4 rings (SSSR count). The zero-order valence-corrected chi connectivity index (χ0v) is 16.7. The lowest BCUT2D eigenvalue weighted by Gasteiger charge is -2.19. The van der Waals surface area contributed by atoms with Crippen LogP contribution in [0.3, 0.4) is 0 Å². The number of β-amino-alcohol motifs (C(OH)–C–C–N with tert-alkyl or cyclic N) is 1. The summed E-state index contributed by atoms with van der Waals surface area (Å²) >= 11 is 7.02. The molecule has 1 saturated heterocycles. The Morgan fingerprint density at radius 1 is 1.00 bits per heavy atom. The maximum absolute atomic E-state index is 11.7. The summed E-state index contributed by atoms with van der Waals surface area (Å²) in [6, 6.07) is 11.5. The molecule has 1 atom stereocenters. The number of aromatic nitrogens is 1. The molecule has 8 heteroatoms. The lowest BCUT2D eigenvalue weighted by molar-refractivity contribution is -0.126. The van der Waals surface area contributed by atoms with E-state index in [1.54, 1.807) is 0 Å². The molecule has 1 fully saturated rings. The average molecular weight is 481 g/mol. The fraction of sp³-hybridized carbons (Fsp3) is 0.222. The number of rotatable bonds is 4. The number of hydrogen-bond acceptors (Lipinski definition) is 3. The molecule has 26 heavy (non-hydrogen) atoms. The second kappa shape index (κ2) is 6.68. The number of hydrogen-bond donors (Lipinski definition) is 2. The predicted octanol–water partition coefficient (Wildman–Crippen LogP) is 3.23. The van der Waals surface area contributed by atoms with Crippen LogP contribution < -0.4 is 5.32 Å². The van der Waals surface area contributed by atoms with Crippen LogP contribution in [0.2, 0.25) is 0 Å². The summed E-state index contributed by atoms with van der Waals surface area (Å²) < 4.78 is 3.97. The minimum Gasteiger partial charge on any atom is -0.389 e. The number of nitrogens with one attached hydrogen (secondary N) is 1. The van der Waals surface area contributed by atoms with Crippen molar-refractivity contribution >= 4 is 65.6 Å². The summed E-state index contributed by atoms with van der Waals surface area (Å²) in [5, 5.41) is 15.1. The number of benzene rings is 2. The Hall–Kier alpha value is -1.90. The zero-order chi connectivity index (χ0) is 18.4. The summed E-state index contributed by atoms with van der Waals surface area (Å²) in [5.74, 6) is -0.316. The third kappa shape index (κ3) is 3.02. The number of imide groups is 1. The van der Waals surface area contributed by atoms with Crippen LogP contribution in [0.1, 0.15) is 0 Å². The van der Waals surface area contributed by atoms with E-state index in [9.17, 15) is 14.7 Å². The van der Waals surface area contributed by atoms with E-state index in [4.69, 9.17) is 0 Å². The van der Waals surface area contributed by atoms with Gasteiger partial charge in [0.15, 0.2) is 0 Å². The summed E-state index contributed by atoms with van der Waals surface area (Å²) in [5.41, 5.74) is 1.97. The number of fused-ring (bicyclic) bond motifs is 3. The van der Waals surface area contributed by atoms with E-state index in [1.165, 1.54) is 0 Å². The Labute approximate surface area is 166 Å². The van der Waals surface area contributed by atoms with Gasteiger partial charge < -0.3 is 15.0 Å². The van der Waals surface area contributed by atoms with Gasteiger partial charge in [-0.1, -0.05) is 31.9 Å². The van der Waals surface area contributed by atoms with Gasteiger partial charge in [0.05, 0.1) is 25.7 Å². The van der Waals surface area contributed by atoms with Gasteiger partial charge in [-0.2, -0.15) is 0 Å². The van der Waals surface area contributed by atoms with Crippen molar-refractivity contribution in [2.24, 2.45) is 0 Å². The number of carbonyl (C=O) groups is 2. The van der Waals surface area contributed by atoms with Crippen molar-refractivity contribution in [3.63, 3.8) is 0 Å². The highest BCUT2D eigenvalue weighted by Gasteiger charge is 2.30. The third-order valence-electron chi connectivity index (χ3n) is 4.51. The second-order valence-electron chi connectivity index (χ2n) is 6.25. The van der Waals surface area contributed by atoms with Crippen molar-refractivity contribution in [2.45, 2.75) is 12.6 Å². The lowest BCUT2D eigenvalue weighted by Crippen LogP contribution is -2.39. The molecule has 3 amide bonds. The Morgan fingerprint density at radius 3 is 2.08 bits per heavy atom. The maximum atomic E-state index is 11.7. The molecule has 3 aromatic rings. The van der Waals surface area contributed by atoms with Gasteiger partial charge in [-0.3, -0.25) is 9.69 Å². The van der Waals surface area contributed by atoms with E-state index in [0.29, 0.717) is 0 Å². The normalized spacial score (nSPS) is 15.9. The van der Waals surface area contributed by atoms with Crippen LogP contribution in [-0.4, -0.2) is 45.7 Å². The Bertz CT molecular complexity index is 972. The van der Waals surface area contributed by atoms with Gasteiger partial charge in [0.1, 0.15) is 0 Å². The van der Waals surface area contributed by atoms with Crippen LogP contribution in [0.4, 0.5) is 4.79 Å². The molecule has 1 aliphatic rings. The van der Waals surface area contributed by atoms with Crippen molar-refractivity contribution in [3.8, 4) is 0 Å². The molecule has 2 aromatic carbocycles. The van der Waals surface area contributed by atoms with Crippen molar-refractivity contribution in [1.82, 2.24) is 14.8 Å². The van der Waals surface area contributed by atoms with E-state index in [-0.39, 0.29) is 25.5 Å². The molecule has 1 unspecified atom stereocenters. The number of halogens is 2. The third-order valence-corrected chi connectivity index (χ3v) is 5.50. The molecule has 6 nitrogen and oxygen atoms in total. The molecule has 1 aliphatic heterocycles. The fourth-order valence-electron chi connectivity index (χ4n) is 3.36. The maximum Gasteiger partial charge on any atom is 0.324 e. The number of aliphatic hydroxyl groups is 1. The molecule has 0 bridgehead atoms. The Morgan fingerprint density at radius 2 is 1.58 bits per heavy atom. The van der Waals surface area contributed by atoms with Crippen LogP contribution in [0, 0.1) is 0 Å². The van der Waals surface area contributed by atoms with Gasteiger partial charge in [0, 0.05) is 30.8 Å². The standard InChI is InChI=1S/C18H15Br2N3O3/c19-10-1-3-15-13(5-10)14-6-11(20)2-4-16(14)22(15)8-12(24)9-23-17(25)7-21-18(23)26/h1-6,12,24H,7-9H2,(H,21,26). The van der Waals surface area contributed by atoms with E-state index >= 15 is 0 Å². The first-order valence-electron chi connectivity index (χ1n) is 8.07. The monoisotopic (exact) mass is 479 g/mol. The molecular formula is C18H15Br2N3O3. The van der Waals surface area contributed by atoms with Crippen LogP contribution in [0.25, 0.3) is 21.8 Å². The molecule has 0 radical (unpaired) electrons. The van der Waals surface area contributed by atoms with E-state index in [1.807, 2.05) is 41.0 Å². The van der Waals surface area contributed by atoms with Crippen LogP contribution in [-0.2, 0) is 11.3 Å².